The number of rotatable bonds is 5. The number of pyridine rings is 1. The molecule has 0 atom stereocenters. The van der Waals surface area contributed by atoms with Crippen molar-refractivity contribution >= 4 is 23.1 Å². The van der Waals surface area contributed by atoms with Gasteiger partial charge in [0.25, 0.3) is 0 Å². The highest BCUT2D eigenvalue weighted by Crippen LogP contribution is 2.39. The number of benzene rings is 1. The lowest BCUT2D eigenvalue weighted by molar-refractivity contribution is 0.401. The van der Waals surface area contributed by atoms with Crippen molar-refractivity contribution in [3.8, 4) is 11.5 Å². The Hall–Kier alpha value is -2.34. The van der Waals surface area contributed by atoms with E-state index >= 15 is 0 Å². The topological polar surface area (TPSA) is 55.4 Å². The SMILES string of the molecule is COc1ccc(C2(NC(=S)Nc3ncccc3OC)CCCC2)cc1. The van der Waals surface area contributed by atoms with Crippen LogP contribution in [0, 0.1) is 0 Å². The van der Waals surface area contributed by atoms with E-state index in [1.54, 1.807) is 20.4 Å². The smallest absolute Gasteiger partial charge is 0.174 e. The van der Waals surface area contributed by atoms with Gasteiger partial charge in [-0.15, -0.1) is 0 Å². The normalized spacial score (nSPS) is 15.4. The van der Waals surface area contributed by atoms with Gasteiger partial charge >= 0.3 is 0 Å². The number of methoxy groups -OCH3 is 2. The van der Waals surface area contributed by atoms with Crippen LogP contribution in [0.2, 0.25) is 0 Å². The van der Waals surface area contributed by atoms with Crippen LogP contribution in [0.5, 0.6) is 11.5 Å². The van der Waals surface area contributed by atoms with Gasteiger partial charge in [-0.1, -0.05) is 25.0 Å². The second-order valence-corrected chi connectivity index (χ2v) is 6.56. The molecule has 132 valence electrons. The van der Waals surface area contributed by atoms with E-state index in [4.69, 9.17) is 21.7 Å². The van der Waals surface area contributed by atoms with E-state index in [0.29, 0.717) is 16.7 Å². The Labute approximate surface area is 153 Å². The summed E-state index contributed by atoms with van der Waals surface area (Å²) in [5.74, 6) is 2.14. The minimum absolute atomic E-state index is 0.154. The molecule has 3 rings (SSSR count). The lowest BCUT2D eigenvalue weighted by atomic mass is 9.88. The number of thiocarbonyl (C=S) groups is 1. The Morgan fingerprint density at radius 1 is 1.08 bits per heavy atom. The number of hydrogen-bond acceptors (Lipinski definition) is 4. The van der Waals surface area contributed by atoms with Crippen molar-refractivity contribution in [2.75, 3.05) is 19.5 Å². The summed E-state index contributed by atoms with van der Waals surface area (Å²) < 4.78 is 10.6. The van der Waals surface area contributed by atoms with Crippen molar-refractivity contribution in [2.45, 2.75) is 31.2 Å². The van der Waals surface area contributed by atoms with Crippen LogP contribution in [0.1, 0.15) is 31.2 Å². The Kier molecular flexibility index (Phi) is 5.38. The molecule has 1 saturated carbocycles. The van der Waals surface area contributed by atoms with Gasteiger partial charge in [0, 0.05) is 6.20 Å². The van der Waals surface area contributed by atoms with Gasteiger partial charge in [0.15, 0.2) is 16.7 Å². The number of nitrogens with one attached hydrogen (secondary N) is 2. The van der Waals surface area contributed by atoms with Crippen LogP contribution in [-0.4, -0.2) is 24.3 Å². The third-order valence-corrected chi connectivity index (χ3v) is 4.88. The van der Waals surface area contributed by atoms with Gasteiger partial charge < -0.3 is 20.1 Å². The molecule has 1 aliphatic rings. The van der Waals surface area contributed by atoms with Crippen molar-refractivity contribution in [3.05, 3.63) is 48.2 Å². The van der Waals surface area contributed by atoms with E-state index in [1.165, 1.54) is 18.4 Å². The van der Waals surface area contributed by atoms with Crippen LogP contribution < -0.4 is 20.1 Å². The Bertz CT molecular complexity index is 728. The molecule has 0 radical (unpaired) electrons. The highest BCUT2D eigenvalue weighted by Gasteiger charge is 2.36. The molecule has 0 spiro atoms. The van der Waals surface area contributed by atoms with E-state index in [0.717, 1.165) is 18.6 Å². The molecule has 1 aromatic heterocycles. The fraction of sp³-hybridized carbons (Fsp3) is 0.368. The van der Waals surface area contributed by atoms with Crippen molar-refractivity contribution in [2.24, 2.45) is 0 Å². The first-order valence-electron chi connectivity index (χ1n) is 8.39. The van der Waals surface area contributed by atoms with Crippen LogP contribution in [-0.2, 0) is 5.54 Å². The second kappa shape index (κ2) is 7.70. The summed E-state index contributed by atoms with van der Waals surface area (Å²) in [6.07, 6.45) is 6.15. The van der Waals surface area contributed by atoms with Crippen molar-refractivity contribution in [1.29, 1.82) is 0 Å². The number of nitrogens with zero attached hydrogens (tertiary/aromatic N) is 1. The molecule has 2 N–H and O–H groups in total. The molecule has 1 aliphatic carbocycles. The van der Waals surface area contributed by atoms with Gasteiger partial charge in [0.2, 0.25) is 0 Å². The summed E-state index contributed by atoms with van der Waals surface area (Å²) in [6, 6.07) is 11.9. The maximum Gasteiger partial charge on any atom is 0.174 e. The first kappa shape index (κ1) is 17.5. The number of anilines is 1. The zero-order valence-electron chi connectivity index (χ0n) is 14.5. The molecule has 0 saturated heterocycles. The van der Waals surface area contributed by atoms with Crippen molar-refractivity contribution < 1.29 is 9.47 Å². The maximum atomic E-state index is 5.56. The predicted octanol–water partition coefficient (Wildman–Crippen LogP) is 3.85. The molecule has 0 aliphatic heterocycles. The van der Waals surface area contributed by atoms with E-state index in [9.17, 15) is 0 Å². The molecule has 1 aromatic carbocycles. The van der Waals surface area contributed by atoms with Gasteiger partial charge in [-0.25, -0.2) is 4.98 Å². The van der Waals surface area contributed by atoms with E-state index < -0.39 is 0 Å². The van der Waals surface area contributed by atoms with Crippen molar-refractivity contribution in [1.82, 2.24) is 10.3 Å². The third kappa shape index (κ3) is 3.85. The zero-order valence-corrected chi connectivity index (χ0v) is 15.4. The summed E-state index contributed by atoms with van der Waals surface area (Å²) in [4.78, 5) is 4.30. The fourth-order valence-corrected chi connectivity index (χ4v) is 3.67. The number of hydrogen-bond donors (Lipinski definition) is 2. The first-order valence-corrected chi connectivity index (χ1v) is 8.80. The van der Waals surface area contributed by atoms with Gasteiger partial charge in [0.1, 0.15) is 5.75 Å². The number of ether oxygens (including phenoxy) is 2. The summed E-state index contributed by atoms with van der Waals surface area (Å²) in [5.41, 5.74) is 1.07. The standard InChI is InChI=1S/C19H23N3O2S/c1-23-15-9-7-14(8-10-15)19(11-3-4-12-19)22-18(25)21-17-16(24-2)6-5-13-20-17/h5-10,13H,3-4,11-12H2,1-2H3,(H2,20,21,22,25). The third-order valence-electron chi connectivity index (χ3n) is 4.68. The van der Waals surface area contributed by atoms with Crippen LogP contribution >= 0.6 is 12.2 Å². The summed E-state index contributed by atoms with van der Waals surface area (Å²) >= 11 is 5.56. The van der Waals surface area contributed by atoms with E-state index in [2.05, 4.69) is 27.8 Å². The average Bonchev–Trinajstić information content (AvgIpc) is 3.11. The highest BCUT2D eigenvalue weighted by atomic mass is 32.1. The summed E-state index contributed by atoms with van der Waals surface area (Å²) in [6.45, 7) is 0. The minimum atomic E-state index is -0.154. The number of aromatic nitrogens is 1. The second-order valence-electron chi connectivity index (χ2n) is 6.15. The molecular weight excluding hydrogens is 334 g/mol. The summed E-state index contributed by atoms with van der Waals surface area (Å²) in [5, 5.41) is 7.25. The Morgan fingerprint density at radius 2 is 1.80 bits per heavy atom. The largest absolute Gasteiger partial charge is 0.497 e. The Balaban J connectivity index is 1.78. The molecule has 25 heavy (non-hydrogen) atoms. The minimum Gasteiger partial charge on any atom is -0.497 e. The highest BCUT2D eigenvalue weighted by molar-refractivity contribution is 7.80. The Morgan fingerprint density at radius 3 is 2.44 bits per heavy atom. The van der Waals surface area contributed by atoms with E-state index in [1.807, 2.05) is 24.3 Å². The molecule has 0 unspecified atom stereocenters. The lowest BCUT2D eigenvalue weighted by Gasteiger charge is -2.32. The predicted molar refractivity (Wildman–Crippen MR) is 103 cm³/mol. The molecule has 0 bridgehead atoms. The fourth-order valence-electron chi connectivity index (χ4n) is 3.38. The lowest BCUT2D eigenvalue weighted by Crippen LogP contribution is -2.45. The van der Waals surface area contributed by atoms with Crippen LogP contribution in [0.4, 0.5) is 5.82 Å². The summed E-state index contributed by atoms with van der Waals surface area (Å²) in [7, 11) is 3.30. The molecule has 5 nitrogen and oxygen atoms in total. The molecule has 2 aromatic rings. The zero-order chi connectivity index (χ0) is 17.7. The monoisotopic (exact) mass is 357 g/mol. The van der Waals surface area contributed by atoms with E-state index in [-0.39, 0.29) is 5.54 Å². The maximum absolute atomic E-state index is 5.56. The molecular formula is C19H23N3O2S. The van der Waals surface area contributed by atoms with Crippen LogP contribution in [0.25, 0.3) is 0 Å². The molecule has 0 amide bonds. The molecule has 6 heteroatoms. The molecule has 1 heterocycles. The van der Waals surface area contributed by atoms with Gasteiger partial charge in [-0.3, -0.25) is 0 Å². The molecule has 1 fully saturated rings. The average molecular weight is 357 g/mol. The first-order chi connectivity index (χ1) is 12.2. The van der Waals surface area contributed by atoms with Crippen molar-refractivity contribution in [3.63, 3.8) is 0 Å². The van der Waals surface area contributed by atoms with Crippen LogP contribution in [0.15, 0.2) is 42.6 Å². The quantitative estimate of drug-likeness (QED) is 0.793. The van der Waals surface area contributed by atoms with Gasteiger partial charge in [-0.05, 0) is 54.9 Å². The van der Waals surface area contributed by atoms with Crippen LogP contribution in [0.3, 0.4) is 0 Å². The van der Waals surface area contributed by atoms with Gasteiger partial charge in [0.05, 0.1) is 19.8 Å². The van der Waals surface area contributed by atoms with Gasteiger partial charge in [-0.2, -0.15) is 0 Å².